The molecule has 0 unspecified atom stereocenters. The number of benzene rings is 1. The van der Waals surface area contributed by atoms with Crippen molar-refractivity contribution in [2.45, 2.75) is 13.8 Å². The number of rotatable bonds is 5. The van der Waals surface area contributed by atoms with Crippen LogP contribution >= 0.6 is 0 Å². The number of aromatic nitrogens is 3. The highest BCUT2D eigenvalue weighted by Crippen LogP contribution is 2.28. The van der Waals surface area contributed by atoms with Crippen molar-refractivity contribution in [1.82, 2.24) is 15.2 Å². The molecule has 1 heterocycles. The molecule has 0 bridgehead atoms. The fourth-order valence-electron chi connectivity index (χ4n) is 1.58. The molecule has 3 N–H and O–H groups in total. The Labute approximate surface area is 120 Å². The second-order valence-corrected chi connectivity index (χ2v) is 4.07. The number of nitrogens with zero attached hydrogens (tertiary/aromatic N) is 3. The number of ether oxygens (including phenoxy) is 1. The highest BCUT2D eigenvalue weighted by Gasteiger charge is 2.06. The maximum Gasteiger partial charge on any atom is 0.363 e. The van der Waals surface area contributed by atoms with Gasteiger partial charge in [0.1, 0.15) is 5.69 Å². The van der Waals surface area contributed by atoms with Crippen LogP contribution in [0.1, 0.15) is 18.2 Å². The Morgan fingerprint density at radius 3 is 3.10 bits per heavy atom. The molecule has 1 aromatic carbocycles. The molecule has 8 heteroatoms. The third-order valence-corrected chi connectivity index (χ3v) is 2.58. The first kappa shape index (κ1) is 14.5. The molecule has 110 valence electrons. The van der Waals surface area contributed by atoms with Crippen LogP contribution in [0.4, 0.5) is 5.82 Å². The minimum absolute atomic E-state index is 0.00128. The molecule has 0 aliphatic heterocycles. The van der Waals surface area contributed by atoms with Crippen molar-refractivity contribution in [3.05, 3.63) is 39.9 Å². The van der Waals surface area contributed by atoms with Crippen LogP contribution < -0.4 is 15.9 Å². The molecule has 0 fully saturated rings. The van der Waals surface area contributed by atoms with Crippen molar-refractivity contribution < 1.29 is 9.84 Å². The molecular weight excluding hydrogens is 274 g/mol. The normalized spacial score (nSPS) is 10.8. The lowest BCUT2D eigenvalue weighted by Crippen LogP contribution is -2.15. The van der Waals surface area contributed by atoms with Crippen LogP contribution in [0, 0.1) is 6.92 Å². The highest BCUT2D eigenvalue weighted by molar-refractivity contribution is 5.85. The number of H-pyrrole nitrogens is 1. The molecule has 0 saturated carbocycles. The zero-order valence-electron chi connectivity index (χ0n) is 11.6. The summed E-state index contributed by atoms with van der Waals surface area (Å²) in [5, 5.41) is 19.9. The van der Waals surface area contributed by atoms with Crippen LogP contribution in [0.5, 0.6) is 11.5 Å². The average molecular weight is 289 g/mol. The van der Waals surface area contributed by atoms with Crippen LogP contribution in [0.3, 0.4) is 0 Å². The van der Waals surface area contributed by atoms with Crippen molar-refractivity contribution in [3.63, 3.8) is 0 Å². The Morgan fingerprint density at radius 1 is 1.52 bits per heavy atom. The summed E-state index contributed by atoms with van der Waals surface area (Å²) < 4.78 is 5.28. The molecular formula is C13H15N5O3. The van der Waals surface area contributed by atoms with E-state index in [1.165, 1.54) is 6.21 Å². The van der Waals surface area contributed by atoms with E-state index in [0.717, 1.165) is 0 Å². The summed E-state index contributed by atoms with van der Waals surface area (Å²) in [5.74, 6) is 0.627. The van der Waals surface area contributed by atoms with Gasteiger partial charge in [0.25, 0.3) is 0 Å². The third kappa shape index (κ3) is 3.56. The standard InChI is InChI=1S/C13H15N5O3/c1-3-21-10-6-4-5-9(11(10)19)7-14-17-12-8(2)16-18-13(20)15-12/h4-7,19H,3H2,1-2H3,(H2,15,17,18,20)/b14-7+. The van der Waals surface area contributed by atoms with Gasteiger partial charge in [-0.25, -0.2) is 9.89 Å². The summed E-state index contributed by atoms with van der Waals surface area (Å²) in [7, 11) is 0. The first-order valence-corrected chi connectivity index (χ1v) is 6.29. The Kier molecular flexibility index (Phi) is 4.50. The molecule has 0 atom stereocenters. The zero-order valence-corrected chi connectivity index (χ0v) is 11.6. The number of phenols is 1. The van der Waals surface area contributed by atoms with Gasteiger partial charge < -0.3 is 9.84 Å². The van der Waals surface area contributed by atoms with Crippen LogP contribution in [0.2, 0.25) is 0 Å². The van der Waals surface area contributed by atoms with Gasteiger partial charge in [-0.15, -0.1) is 0 Å². The van der Waals surface area contributed by atoms with Crippen LogP contribution in [-0.4, -0.2) is 33.1 Å². The van der Waals surface area contributed by atoms with Crippen molar-refractivity contribution in [2.75, 3.05) is 12.0 Å². The fraction of sp³-hybridized carbons (Fsp3) is 0.231. The Bertz CT molecular complexity index is 711. The Balaban J connectivity index is 2.16. The largest absolute Gasteiger partial charge is 0.504 e. The average Bonchev–Trinajstić information content (AvgIpc) is 2.47. The zero-order chi connectivity index (χ0) is 15.2. The second-order valence-electron chi connectivity index (χ2n) is 4.07. The molecule has 8 nitrogen and oxygen atoms in total. The van der Waals surface area contributed by atoms with Gasteiger partial charge in [0.05, 0.1) is 12.8 Å². The van der Waals surface area contributed by atoms with E-state index in [9.17, 15) is 9.90 Å². The van der Waals surface area contributed by atoms with Gasteiger partial charge in [-0.1, -0.05) is 6.07 Å². The van der Waals surface area contributed by atoms with Crippen LogP contribution in [0.25, 0.3) is 0 Å². The maximum atomic E-state index is 11.1. The maximum absolute atomic E-state index is 11.1. The second kappa shape index (κ2) is 6.51. The first-order chi connectivity index (χ1) is 10.1. The molecule has 1 aromatic heterocycles. The van der Waals surface area contributed by atoms with Crippen molar-refractivity contribution in [2.24, 2.45) is 5.10 Å². The van der Waals surface area contributed by atoms with E-state index < -0.39 is 5.69 Å². The predicted octanol–water partition coefficient (Wildman–Crippen LogP) is 1.02. The number of phenolic OH excluding ortho intramolecular Hbond substituents is 1. The number of aromatic hydroxyl groups is 1. The van der Waals surface area contributed by atoms with E-state index >= 15 is 0 Å². The summed E-state index contributed by atoms with van der Waals surface area (Å²) in [6, 6.07) is 5.08. The number of aromatic amines is 1. The molecule has 0 aliphatic rings. The van der Waals surface area contributed by atoms with Gasteiger partial charge in [0.15, 0.2) is 17.3 Å². The van der Waals surface area contributed by atoms with Gasteiger partial charge >= 0.3 is 5.69 Å². The summed E-state index contributed by atoms with van der Waals surface area (Å²) in [5.41, 5.74) is 3.01. The predicted molar refractivity (Wildman–Crippen MR) is 77.9 cm³/mol. The Morgan fingerprint density at radius 2 is 2.33 bits per heavy atom. The topological polar surface area (TPSA) is 112 Å². The van der Waals surface area contributed by atoms with Crippen LogP contribution in [0.15, 0.2) is 28.1 Å². The van der Waals surface area contributed by atoms with Gasteiger partial charge in [-0.05, 0) is 26.0 Å². The molecule has 0 aliphatic carbocycles. The number of nitrogens with one attached hydrogen (secondary N) is 2. The van der Waals surface area contributed by atoms with Crippen LogP contribution in [-0.2, 0) is 0 Å². The minimum Gasteiger partial charge on any atom is -0.504 e. The summed E-state index contributed by atoms with van der Waals surface area (Å²) in [4.78, 5) is 14.8. The number of hydrazone groups is 1. The molecule has 2 aromatic rings. The molecule has 0 amide bonds. The number of hydrogen-bond donors (Lipinski definition) is 3. The summed E-state index contributed by atoms with van der Waals surface area (Å²) >= 11 is 0. The first-order valence-electron chi connectivity index (χ1n) is 6.29. The smallest absolute Gasteiger partial charge is 0.363 e. The van der Waals surface area contributed by atoms with Gasteiger partial charge in [-0.2, -0.15) is 15.2 Å². The van der Waals surface area contributed by atoms with E-state index in [-0.39, 0.29) is 11.6 Å². The van der Waals surface area contributed by atoms with Crippen molar-refractivity contribution in [3.8, 4) is 11.5 Å². The molecule has 0 saturated heterocycles. The lowest BCUT2D eigenvalue weighted by Gasteiger charge is -2.07. The quantitative estimate of drug-likeness (QED) is 0.559. The van der Waals surface area contributed by atoms with Gasteiger partial charge in [0.2, 0.25) is 0 Å². The van der Waals surface area contributed by atoms with Gasteiger partial charge in [0, 0.05) is 5.56 Å². The van der Waals surface area contributed by atoms with E-state index in [4.69, 9.17) is 4.74 Å². The SMILES string of the molecule is CCOc1cccc(/C=N/Nc2nc(=O)[nH]nc2C)c1O. The summed E-state index contributed by atoms with van der Waals surface area (Å²) in [6.45, 7) is 3.96. The lowest BCUT2D eigenvalue weighted by molar-refractivity contribution is 0.318. The Hall–Kier alpha value is -2.90. The van der Waals surface area contributed by atoms with Crippen molar-refractivity contribution in [1.29, 1.82) is 0 Å². The van der Waals surface area contributed by atoms with Gasteiger partial charge in [-0.3, -0.25) is 5.43 Å². The highest BCUT2D eigenvalue weighted by atomic mass is 16.5. The molecule has 0 spiro atoms. The van der Waals surface area contributed by atoms with E-state index in [1.807, 2.05) is 6.92 Å². The minimum atomic E-state index is -0.570. The summed E-state index contributed by atoms with van der Waals surface area (Å²) in [6.07, 6.45) is 1.40. The number of para-hydroxylation sites is 1. The third-order valence-electron chi connectivity index (χ3n) is 2.58. The molecule has 0 radical (unpaired) electrons. The molecule has 21 heavy (non-hydrogen) atoms. The number of aryl methyl sites for hydroxylation is 1. The number of hydrogen-bond acceptors (Lipinski definition) is 7. The van der Waals surface area contributed by atoms with Crippen molar-refractivity contribution >= 4 is 12.0 Å². The lowest BCUT2D eigenvalue weighted by atomic mass is 10.2. The fourth-order valence-corrected chi connectivity index (χ4v) is 1.58. The van der Waals surface area contributed by atoms with E-state index in [2.05, 4.69) is 25.7 Å². The molecule has 2 rings (SSSR count). The monoisotopic (exact) mass is 289 g/mol. The number of anilines is 1. The van der Waals surface area contributed by atoms with E-state index in [1.54, 1.807) is 25.1 Å². The van der Waals surface area contributed by atoms with E-state index in [0.29, 0.717) is 23.6 Å².